The molecule has 0 atom stereocenters. The Morgan fingerprint density at radius 1 is 1.31 bits per heavy atom. The second-order valence-electron chi connectivity index (χ2n) is 3.88. The average Bonchev–Trinajstić information content (AvgIpc) is 2.59. The van der Waals surface area contributed by atoms with E-state index in [1.807, 2.05) is 44.2 Å². The van der Waals surface area contributed by atoms with Crippen molar-refractivity contribution in [2.45, 2.75) is 0 Å². The van der Waals surface area contributed by atoms with Crippen molar-refractivity contribution in [3.05, 3.63) is 24.4 Å². The molecule has 0 bridgehead atoms. The summed E-state index contributed by atoms with van der Waals surface area (Å²) in [7, 11) is 5.74. The van der Waals surface area contributed by atoms with Gasteiger partial charge in [0.1, 0.15) is 11.6 Å². The highest BCUT2D eigenvalue weighted by Gasteiger charge is 2.05. The van der Waals surface area contributed by atoms with Gasteiger partial charge in [0, 0.05) is 39.0 Å². The molecule has 5 nitrogen and oxygen atoms in total. The highest BCUT2D eigenvalue weighted by Crippen LogP contribution is 2.20. The molecule has 5 heteroatoms. The first-order valence-electron chi connectivity index (χ1n) is 5.01. The number of aromatic nitrogens is 3. The van der Waals surface area contributed by atoms with Crippen molar-refractivity contribution in [1.29, 1.82) is 0 Å². The molecule has 0 spiro atoms. The van der Waals surface area contributed by atoms with E-state index in [-0.39, 0.29) is 0 Å². The molecule has 2 aromatic heterocycles. The zero-order valence-corrected chi connectivity index (χ0v) is 9.68. The Balaban J connectivity index is 2.34. The van der Waals surface area contributed by atoms with Crippen LogP contribution in [-0.4, -0.2) is 28.9 Å². The van der Waals surface area contributed by atoms with Gasteiger partial charge in [-0.1, -0.05) is 0 Å². The number of anilines is 2. The lowest BCUT2D eigenvalue weighted by molar-refractivity contribution is 0.782. The molecule has 0 fully saturated rings. The van der Waals surface area contributed by atoms with Crippen LogP contribution >= 0.6 is 0 Å². The van der Waals surface area contributed by atoms with Crippen molar-refractivity contribution < 1.29 is 0 Å². The van der Waals surface area contributed by atoms with Gasteiger partial charge < -0.3 is 10.6 Å². The van der Waals surface area contributed by atoms with Crippen LogP contribution in [0.1, 0.15) is 0 Å². The van der Waals surface area contributed by atoms with Gasteiger partial charge in [0.2, 0.25) is 0 Å². The fourth-order valence-electron chi connectivity index (χ4n) is 1.42. The number of hydrogen-bond acceptors (Lipinski definition) is 4. The number of rotatable bonds is 2. The quantitative estimate of drug-likeness (QED) is 0.819. The Morgan fingerprint density at radius 2 is 2.06 bits per heavy atom. The topological polar surface area (TPSA) is 60.0 Å². The van der Waals surface area contributed by atoms with Crippen molar-refractivity contribution in [2.75, 3.05) is 24.7 Å². The van der Waals surface area contributed by atoms with Crippen LogP contribution in [0.15, 0.2) is 24.4 Å². The number of nitrogen functional groups attached to an aromatic ring is 1. The van der Waals surface area contributed by atoms with E-state index >= 15 is 0 Å². The summed E-state index contributed by atoms with van der Waals surface area (Å²) in [5, 5.41) is 4.29. The molecule has 0 aliphatic carbocycles. The fourth-order valence-corrected chi connectivity index (χ4v) is 1.42. The predicted octanol–water partition coefficient (Wildman–Crippen LogP) is 1.13. The van der Waals surface area contributed by atoms with Crippen molar-refractivity contribution in [2.24, 2.45) is 7.05 Å². The summed E-state index contributed by atoms with van der Waals surface area (Å²) in [6.07, 6.45) is 1.80. The Hall–Kier alpha value is -2.04. The number of hydrogen-bond donors (Lipinski definition) is 1. The lowest BCUT2D eigenvalue weighted by Crippen LogP contribution is -2.09. The van der Waals surface area contributed by atoms with Gasteiger partial charge in [-0.3, -0.25) is 4.68 Å². The zero-order chi connectivity index (χ0) is 11.7. The summed E-state index contributed by atoms with van der Waals surface area (Å²) in [6.45, 7) is 0. The predicted molar refractivity (Wildman–Crippen MR) is 65.2 cm³/mol. The van der Waals surface area contributed by atoms with Crippen LogP contribution in [0.5, 0.6) is 0 Å². The lowest BCUT2D eigenvalue weighted by atomic mass is 10.2. The molecule has 2 aromatic rings. The second-order valence-corrected chi connectivity index (χ2v) is 3.88. The van der Waals surface area contributed by atoms with Crippen LogP contribution in [-0.2, 0) is 7.05 Å². The summed E-state index contributed by atoms with van der Waals surface area (Å²) < 4.78 is 1.65. The normalized spacial score (nSPS) is 10.4. The molecule has 16 heavy (non-hydrogen) atoms. The highest BCUT2D eigenvalue weighted by molar-refractivity contribution is 5.62. The zero-order valence-electron chi connectivity index (χ0n) is 9.68. The molecule has 0 unspecified atom stereocenters. The summed E-state index contributed by atoms with van der Waals surface area (Å²) in [5.74, 6) is 1.57. The molecule has 84 valence electrons. The van der Waals surface area contributed by atoms with Gasteiger partial charge in [0.15, 0.2) is 0 Å². The first-order valence-corrected chi connectivity index (χ1v) is 5.01. The SMILES string of the molecule is CN(C)c1ccc(-c2cc(N)n(C)n2)cn1. The molecule has 2 rings (SSSR count). The van der Waals surface area contributed by atoms with Crippen LogP contribution in [0.3, 0.4) is 0 Å². The van der Waals surface area contributed by atoms with Gasteiger partial charge in [-0.25, -0.2) is 4.98 Å². The van der Waals surface area contributed by atoms with Crippen LogP contribution in [0.2, 0.25) is 0 Å². The van der Waals surface area contributed by atoms with Crippen LogP contribution in [0.25, 0.3) is 11.3 Å². The van der Waals surface area contributed by atoms with E-state index in [4.69, 9.17) is 5.73 Å². The van der Waals surface area contributed by atoms with E-state index in [1.165, 1.54) is 0 Å². The van der Waals surface area contributed by atoms with Crippen molar-refractivity contribution in [3.8, 4) is 11.3 Å². The molecule has 0 amide bonds. The first kappa shape index (κ1) is 10.5. The third kappa shape index (κ3) is 1.84. The Bertz CT molecular complexity index is 464. The number of nitrogens with two attached hydrogens (primary N) is 1. The van der Waals surface area contributed by atoms with Crippen molar-refractivity contribution >= 4 is 11.6 Å². The second kappa shape index (κ2) is 3.84. The molecule has 2 heterocycles. The fraction of sp³-hybridized carbons (Fsp3) is 0.273. The molecule has 0 aliphatic rings. The van der Waals surface area contributed by atoms with E-state index in [0.717, 1.165) is 17.1 Å². The maximum Gasteiger partial charge on any atom is 0.127 e. The van der Waals surface area contributed by atoms with E-state index in [0.29, 0.717) is 5.82 Å². The number of aryl methyl sites for hydroxylation is 1. The Kier molecular flexibility index (Phi) is 2.52. The van der Waals surface area contributed by atoms with Crippen molar-refractivity contribution in [1.82, 2.24) is 14.8 Å². The van der Waals surface area contributed by atoms with Crippen LogP contribution in [0, 0.1) is 0 Å². The third-order valence-corrected chi connectivity index (χ3v) is 2.42. The van der Waals surface area contributed by atoms with Gasteiger partial charge >= 0.3 is 0 Å². The summed E-state index contributed by atoms with van der Waals surface area (Å²) >= 11 is 0. The molecule has 0 radical (unpaired) electrons. The summed E-state index contributed by atoms with van der Waals surface area (Å²) in [4.78, 5) is 6.28. The lowest BCUT2D eigenvalue weighted by Gasteiger charge is -2.10. The van der Waals surface area contributed by atoms with E-state index in [2.05, 4.69) is 10.1 Å². The largest absolute Gasteiger partial charge is 0.384 e. The number of pyridine rings is 1. The molecular weight excluding hydrogens is 202 g/mol. The standard InChI is InChI=1S/C11H15N5/c1-15(2)11-5-4-8(7-13-11)9-6-10(12)16(3)14-9/h4-7H,12H2,1-3H3. The van der Waals surface area contributed by atoms with Crippen molar-refractivity contribution in [3.63, 3.8) is 0 Å². The monoisotopic (exact) mass is 217 g/mol. The average molecular weight is 217 g/mol. The molecular formula is C11H15N5. The minimum atomic E-state index is 0.645. The van der Waals surface area contributed by atoms with Gasteiger partial charge in [0.05, 0.1) is 5.69 Å². The van der Waals surface area contributed by atoms with Gasteiger partial charge in [-0.2, -0.15) is 5.10 Å². The smallest absolute Gasteiger partial charge is 0.127 e. The molecule has 0 aliphatic heterocycles. The molecule has 0 saturated carbocycles. The minimum absolute atomic E-state index is 0.645. The summed E-state index contributed by atoms with van der Waals surface area (Å²) in [5.41, 5.74) is 7.54. The maximum absolute atomic E-state index is 5.73. The summed E-state index contributed by atoms with van der Waals surface area (Å²) in [6, 6.07) is 5.79. The molecule has 0 aromatic carbocycles. The van der Waals surface area contributed by atoms with Gasteiger partial charge in [-0.15, -0.1) is 0 Å². The van der Waals surface area contributed by atoms with Gasteiger partial charge in [-0.05, 0) is 12.1 Å². The van der Waals surface area contributed by atoms with E-state index < -0.39 is 0 Å². The van der Waals surface area contributed by atoms with Crippen LogP contribution < -0.4 is 10.6 Å². The Morgan fingerprint density at radius 3 is 2.50 bits per heavy atom. The maximum atomic E-state index is 5.73. The third-order valence-electron chi connectivity index (χ3n) is 2.42. The number of nitrogens with zero attached hydrogens (tertiary/aromatic N) is 4. The first-order chi connectivity index (χ1) is 7.58. The van der Waals surface area contributed by atoms with Crippen LogP contribution in [0.4, 0.5) is 11.6 Å². The van der Waals surface area contributed by atoms with E-state index in [9.17, 15) is 0 Å². The highest BCUT2D eigenvalue weighted by atomic mass is 15.3. The minimum Gasteiger partial charge on any atom is -0.384 e. The van der Waals surface area contributed by atoms with E-state index in [1.54, 1.807) is 10.9 Å². The Labute approximate surface area is 94.5 Å². The molecule has 0 saturated heterocycles. The van der Waals surface area contributed by atoms with Gasteiger partial charge in [0.25, 0.3) is 0 Å². The molecule has 2 N–H and O–H groups in total.